The van der Waals surface area contributed by atoms with Crippen LogP contribution in [0.1, 0.15) is 43.5 Å². The maximum atomic E-state index is 9.70. The summed E-state index contributed by atoms with van der Waals surface area (Å²) in [4.78, 5) is 9.74. The Morgan fingerprint density at radius 1 is 0.811 bits per heavy atom. The van der Waals surface area contributed by atoms with Gasteiger partial charge < -0.3 is 10.6 Å². The number of hydrogen-bond acceptors (Lipinski definition) is 3. The van der Waals surface area contributed by atoms with Gasteiger partial charge in [0.15, 0.2) is 0 Å². The number of thiocarbonyl (C=S) groups is 1. The van der Waals surface area contributed by atoms with Crippen LogP contribution in [0.3, 0.4) is 0 Å². The van der Waals surface area contributed by atoms with Gasteiger partial charge in [0.2, 0.25) is 5.91 Å². The quantitative estimate of drug-likeness (QED) is 0.133. The van der Waals surface area contributed by atoms with E-state index in [0.717, 1.165) is 21.7 Å². The van der Waals surface area contributed by atoms with Crippen LogP contribution in [-0.2, 0) is 21.5 Å². The average molecular weight is 620 g/mol. The third-order valence-corrected chi connectivity index (χ3v) is 5.74. The summed E-state index contributed by atoms with van der Waals surface area (Å²) in [5, 5.41) is 5.82. The summed E-state index contributed by atoms with van der Waals surface area (Å²) in [7, 11) is 5.96. The van der Waals surface area contributed by atoms with Crippen LogP contribution >= 0.6 is 55.0 Å². The Morgan fingerprint density at radius 3 is 1.57 bits per heavy atom. The Hall–Kier alpha value is -1.59. The highest BCUT2D eigenvalue weighted by Gasteiger charge is 2.35. The first-order valence-corrected chi connectivity index (χ1v) is 14.2. The Balaban J connectivity index is -0.000000648. The predicted molar refractivity (Wildman–Crippen MR) is 176 cm³/mol. The number of amides is 1. The Kier molecular flexibility index (Phi) is 25.4. The standard InChI is InChI=1S/C20H16Cl2.C3H7NO.C3H7NS.CH3Cl.CH4.HPS/c1-15-11-13-17(14-12-15)20(22,16-7-3-2-4-8-16)18-9-5-6-10-19(18)21;2*1-3(5)4-2;1-2;;1-2/h2-14H,1H3;2*1-2H3,(H,4,5);1H3;1H4;1H. The van der Waals surface area contributed by atoms with Crippen LogP contribution in [0.15, 0.2) is 78.9 Å². The number of halogens is 3. The van der Waals surface area contributed by atoms with Crippen LogP contribution in [0, 0.1) is 6.92 Å². The molecule has 3 nitrogen and oxygen atoms in total. The van der Waals surface area contributed by atoms with E-state index >= 15 is 0 Å². The number of benzene rings is 3. The second-order valence-corrected chi connectivity index (χ2v) is 8.57. The second-order valence-electron chi connectivity index (χ2n) is 6.98. The van der Waals surface area contributed by atoms with Crippen molar-refractivity contribution in [3.63, 3.8) is 0 Å². The van der Waals surface area contributed by atoms with Gasteiger partial charge in [-0.25, -0.2) is 0 Å². The van der Waals surface area contributed by atoms with Crippen molar-refractivity contribution in [2.45, 2.75) is 33.1 Å². The van der Waals surface area contributed by atoms with Crippen LogP contribution in [-0.4, -0.2) is 31.4 Å². The summed E-state index contributed by atoms with van der Waals surface area (Å²) >= 11 is 26.8. The number of aryl methyl sites for hydroxylation is 1. The summed E-state index contributed by atoms with van der Waals surface area (Å²) in [5.41, 5.74) is 4.12. The van der Waals surface area contributed by atoms with Gasteiger partial charge in [-0.15, -0.1) is 23.2 Å². The first-order chi connectivity index (χ1) is 17.2. The van der Waals surface area contributed by atoms with E-state index in [4.69, 9.17) is 23.2 Å². The molecule has 0 saturated heterocycles. The summed E-state index contributed by atoms with van der Waals surface area (Å²) in [5.74, 6) is 0.00463. The minimum absolute atomic E-state index is 0. The monoisotopic (exact) mass is 618 g/mol. The number of carbonyl (C=O) groups excluding carboxylic acids is 1. The van der Waals surface area contributed by atoms with Gasteiger partial charge in [-0.2, -0.15) is 0 Å². The summed E-state index contributed by atoms with van der Waals surface area (Å²) in [6.45, 7) is 5.38. The van der Waals surface area contributed by atoms with Crippen molar-refractivity contribution in [2.24, 2.45) is 0 Å². The fraction of sp³-hybridized carbons (Fsp3) is 0.286. The van der Waals surface area contributed by atoms with E-state index in [0.29, 0.717) is 5.02 Å². The zero-order valence-corrected chi connectivity index (χ0v) is 26.3. The van der Waals surface area contributed by atoms with Crippen LogP contribution in [0.25, 0.3) is 0 Å². The van der Waals surface area contributed by atoms with Crippen LogP contribution < -0.4 is 10.6 Å². The summed E-state index contributed by atoms with van der Waals surface area (Å²) in [6.07, 6.45) is 1.47. The fourth-order valence-corrected chi connectivity index (χ4v) is 3.41. The highest BCUT2D eigenvalue weighted by atomic mass is 35.5. The van der Waals surface area contributed by atoms with Crippen molar-refractivity contribution in [3.05, 3.63) is 106 Å². The highest BCUT2D eigenvalue weighted by Crippen LogP contribution is 2.45. The van der Waals surface area contributed by atoms with Crippen LogP contribution in [0.2, 0.25) is 5.02 Å². The number of alkyl halides is 2. The number of hydrogen-bond donors (Lipinski definition) is 2. The lowest BCUT2D eigenvalue weighted by Crippen LogP contribution is -2.22. The molecule has 0 aliphatic rings. The van der Waals surface area contributed by atoms with E-state index in [1.165, 1.54) is 18.9 Å². The average Bonchev–Trinajstić information content (AvgIpc) is 2.92. The molecule has 37 heavy (non-hydrogen) atoms. The maximum Gasteiger partial charge on any atom is 0.216 e. The third kappa shape index (κ3) is 14.8. The van der Waals surface area contributed by atoms with Crippen molar-refractivity contribution in [2.75, 3.05) is 20.5 Å². The Morgan fingerprint density at radius 2 is 1.19 bits per heavy atom. The molecule has 3 aromatic rings. The lowest BCUT2D eigenvalue weighted by atomic mass is 9.84. The SMILES string of the molecule is C.CCl.CNC(C)=O.CNC(C)=S.Cc1ccc(C(Cl)(c2ccccc2)c2ccccc2Cl)cc1.P=S. The molecule has 1 atom stereocenters. The molecular weight excluding hydrogens is 582 g/mol. The Bertz CT molecular complexity index is 1010. The maximum absolute atomic E-state index is 9.70. The minimum Gasteiger partial charge on any atom is -0.383 e. The fourth-order valence-electron chi connectivity index (χ4n) is 2.67. The van der Waals surface area contributed by atoms with E-state index in [1.807, 2.05) is 68.6 Å². The van der Waals surface area contributed by atoms with Gasteiger partial charge in [-0.3, -0.25) is 4.79 Å². The molecule has 3 rings (SSSR count). The number of carbonyl (C=O) groups is 1. The molecule has 1 unspecified atom stereocenters. The largest absolute Gasteiger partial charge is 0.383 e. The smallest absolute Gasteiger partial charge is 0.216 e. The molecule has 3 aromatic carbocycles. The molecule has 0 aliphatic carbocycles. The molecular formula is C28H38Cl3N2OPS2. The normalized spacial score (nSPS) is 10.2. The topological polar surface area (TPSA) is 41.1 Å². The summed E-state index contributed by atoms with van der Waals surface area (Å²) in [6, 6.07) is 26.1. The summed E-state index contributed by atoms with van der Waals surface area (Å²) < 4.78 is 0. The molecule has 0 fully saturated rings. The van der Waals surface area contributed by atoms with Gasteiger partial charge in [0.05, 0.1) is 4.99 Å². The Labute approximate surface area is 251 Å². The van der Waals surface area contributed by atoms with E-state index in [1.54, 1.807) is 7.05 Å². The van der Waals surface area contributed by atoms with Crippen molar-refractivity contribution in [3.8, 4) is 0 Å². The first kappa shape index (κ1) is 39.9. The molecule has 1 amide bonds. The molecule has 0 heterocycles. The molecule has 0 bridgehead atoms. The van der Waals surface area contributed by atoms with E-state index in [-0.39, 0.29) is 13.3 Å². The van der Waals surface area contributed by atoms with E-state index in [2.05, 4.69) is 85.5 Å². The minimum atomic E-state index is -0.798. The number of nitrogens with one attached hydrogen (secondary N) is 2. The van der Waals surface area contributed by atoms with Gasteiger partial charge in [0, 0.05) is 38.0 Å². The zero-order chi connectivity index (χ0) is 28.1. The van der Waals surface area contributed by atoms with Gasteiger partial charge in [-0.1, -0.05) is 121 Å². The van der Waals surface area contributed by atoms with E-state index < -0.39 is 4.87 Å². The lowest BCUT2D eigenvalue weighted by Gasteiger charge is -2.30. The van der Waals surface area contributed by atoms with Gasteiger partial charge in [0.25, 0.3) is 0 Å². The van der Waals surface area contributed by atoms with Crippen LogP contribution in [0.4, 0.5) is 0 Å². The van der Waals surface area contributed by atoms with Gasteiger partial charge in [-0.05, 0) is 39.1 Å². The van der Waals surface area contributed by atoms with Crippen LogP contribution in [0.5, 0.6) is 0 Å². The number of rotatable bonds is 3. The first-order valence-electron chi connectivity index (χ1n) is 10.7. The van der Waals surface area contributed by atoms with Crippen molar-refractivity contribution in [1.82, 2.24) is 10.6 Å². The molecule has 2 N–H and O–H groups in total. The predicted octanol–water partition coefficient (Wildman–Crippen LogP) is 8.57. The second kappa shape index (κ2) is 23.5. The molecule has 0 saturated carbocycles. The molecule has 0 spiro atoms. The molecule has 9 heteroatoms. The zero-order valence-electron chi connectivity index (χ0n) is 21.4. The molecule has 0 radical (unpaired) electrons. The van der Waals surface area contributed by atoms with E-state index in [9.17, 15) is 4.79 Å². The molecule has 0 aliphatic heterocycles. The van der Waals surface area contributed by atoms with Gasteiger partial charge in [0.1, 0.15) is 4.87 Å². The molecule has 204 valence electrons. The molecule has 0 aromatic heterocycles. The van der Waals surface area contributed by atoms with Crippen molar-refractivity contribution in [1.29, 1.82) is 0 Å². The van der Waals surface area contributed by atoms with Crippen molar-refractivity contribution < 1.29 is 4.79 Å². The third-order valence-electron chi connectivity index (χ3n) is 4.57. The lowest BCUT2D eigenvalue weighted by molar-refractivity contribution is -0.118. The highest BCUT2D eigenvalue weighted by molar-refractivity contribution is 7.88. The van der Waals surface area contributed by atoms with Crippen molar-refractivity contribution >= 4 is 77.7 Å². The van der Waals surface area contributed by atoms with Gasteiger partial charge >= 0.3 is 0 Å².